The molecule has 1 rings (SSSR count). The molecule has 3 nitrogen and oxygen atoms in total. The molecule has 0 amide bonds. The molecule has 3 unspecified atom stereocenters. The van der Waals surface area contributed by atoms with E-state index in [9.17, 15) is 4.79 Å². The molecule has 1 heterocycles. The highest BCUT2D eigenvalue weighted by Crippen LogP contribution is 2.24. The van der Waals surface area contributed by atoms with Crippen molar-refractivity contribution in [2.45, 2.75) is 52.1 Å². The maximum Gasteiger partial charge on any atom is 0.138 e. The van der Waals surface area contributed by atoms with Gasteiger partial charge in [0.25, 0.3) is 0 Å². The maximum absolute atomic E-state index is 11.6. The summed E-state index contributed by atoms with van der Waals surface area (Å²) in [7, 11) is 1.76. The second-order valence-corrected chi connectivity index (χ2v) is 4.88. The van der Waals surface area contributed by atoms with Gasteiger partial charge in [-0.05, 0) is 13.3 Å². The van der Waals surface area contributed by atoms with Gasteiger partial charge in [0.05, 0.1) is 6.61 Å². The highest BCUT2D eigenvalue weighted by atomic mass is 16.5. The summed E-state index contributed by atoms with van der Waals surface area (Å²) in [5.41, 5.74) is 0. The fourth-order valence-corrected chi connectivity index (χ4v) is 2.61. The summed E-state index contributed by atoms with van der Waals surface area (Å²) in [4.78, 5) is 14.1. The first-order chi connectivity index (χ1) is 7.61. The number of ketones is 1. The highest BCUT2D eigenvalue weighted by Gasteiger charge is 2.34. The second-order valence-electron chi connectivity index (χ2n) is 4.88. The highest BCUT2D eigenvalue weighted by molar-refractivity contribution is 5.82. The lowest BCUT2D eigenvalue weighted by Crippen LogP contribution is -2.52. The molecule has 0 bridgehead atoms. The van der Waals surface area contributed by atoms with E-state index in [1.54, 1.807) is 7.11 Å². The molecule has 1 saturated heterocycles. The smallest absolute Gasteiger partial charge is 0.138 e. The summed E-state index contributed by atoms with van der Waals surface area (Å²) in [6.07, 6.45) is 3.02. The molecule has 0 N–H and O–H groups in total. The summed E-state index contributed by atoms with van der Waals surface area (Å²) in [5.74, 6) is 0.585. The van der Waals surface area contributed by atoms with Crippen LogP contribution in [0.1, 0.15) is 40.0 Å². The minimum absolute atomic E-state index is 0.171. The Kier molecular flexibility index (Phi) is 5.42. The molecule has 1 fully saturated rings. The Morgan fingerprint density at radius 2 is 2.19 bits per heavy atom. The van der Waals surface area contributed by atoms with Gasteiger partial charge in [-0.15, -0.1) is 0 Å². The SMILES string of the molecule is CCCC(COC)N1CCC(=O)C(C)C1C. The molecule has 0 spiro atoms. The van der Waals surface area contributed by atoms with Crippen LogP contribution in [0.15, 0.2) is 0 Å². The molecular weight excluding hydrogens is 202 g/mol. The number of piperidine rings is 1. The number of ether oxygens (including phenoxy) is 1. The third kappa shape index (κ3) is 3.05. The zero-order chi connectivity index (χ0) is 12.1. The molecule has 3 heteroatoms. The fourth-order valence-electron chi connectivity index (χ4n) is 2.61. The lowest BCUT2D eigenvalue weighted by molar-refractivity contribution is -0.129. The molecule has 94 valence electrons. The van der Waals surface area contributed by atoms with Crippen LogP contribution in [0.2, 0.25) is 0 Å². The van der Waals surface area contributed by atoms with Gasteiger partial charge < -0.3 is 4.74 Å². The zero-order valence-corrected chi connectivity index (χ0v) is 11.0. The van der Waals surface area contributed by atoms with E-state index in [2.05, 4.69) is 25.7 Å². The van der Waals surface area contributed by atoms with E-state index in [4.69, 9.17) is 4.74 Å². The van der Waals surface area contributed by atoms with E-state index in [0.717, 1.165) is 19.6 Å². The number of hydrogen-bond acceptors (Lipinski definition) is 3. The van der Waals surface area contributed by atoms with Crippen LogP contribution in [0, 0.1) is 5.92 Å². The number of nitrogens with zero attached hydrogens (tertiary/aromatic N) is 1. The van der Waals surface area contributed by atoms with Crippen molar-refractivity contribution in [2.24, 2.45) is 5.92 Å². The van der Waals surface area contributed by atoms with Crippen molar-refractivity contribution in [1.29, 1.82) is 0 Å². The predicted octanol–water partition coefficient (Wildman–Crippen LogP) is 2.10. The Balaban J connectivity index is 2.65. The first kappa shape index (κ1) is 13.7. The first-order valence-electron chi connectivity index (χ1n) is 6.39. The largest absolute Gasteiger partial charge is 0.383 e. The van der Waals surface area contributed by atoms with Crippen LogP contribution in [0.4, 0.5) is 0 Å². The molecule has 3 atom stereocenters. The van der Waals surface area contributed by atoms with Gasteiger partial charge in [0.1, 0.15) is 5.78 Å². The van der Waals surface area contributed by atoms with Gasteiger partial charge >= 0.3 is 0 Å². The third-order valence-corrected chi connectivity index (χ3v) is 3.82. The van der Waals surface area contributed by atoms with Gasteiger partial charge in [-0.1, -0.05) is 20.3 Å². The molecule has 1 aliphatic rings. The predicted molar refractivity (Wildman–Crippen MR) is 65.5 cm³/mol. The molecule has 1 aliphatic heterocycles. The van der Waals surface area contributed by atoms with Gasteiger partial charge in [0.2, 0.25) is 0 Å². The average molecular weight is 227 g/mol. The molecule has 0 saturated carbocycles. The van der Waals surface area contributed by atoms with E-state index < -0.39 is 0 Å². The van der Waals surface area contributed by atoms with Gasteiger partial charge in [-0.2, -0.15) is 0 Å². The Bertz CT molecular complexity index is 224. The van der Waals surface area contributed by atoms with E-state index in [-0.39, 0.29) is 5.92 Å². The first-order valence-corrected chi connectivity index (χ1v) is 6.39. The standard InChI is InChI=1S/C13H25NO2/c1-5-6-12(9-16-4)14-8-7-13(15)10(2)11(14)3/h10-12H,5-9H2,1-4H3. The van der Waals surface area contributed by atoms with E-state index in [0.29, 0.717) is 24.3 Å². The van der Waals surface area contributed by atoms with Crippen molar-refractivity contribution in [2.75, 3.05) is 20.3 Å². The lowest BCUT2D eigenvalue weighted by atomic mass is 9.89. The minimum atomic E-state index is 0.171. The monoisotopic (exact) mass is 227 g/mol. The average Bonchev–Trinajstić information content (AvgIpc) is 2.26. The fraction of sp³-hybridized carbons (Fsp3) is 0.923. The Labute approximate surface area is 99.1 Å². The van der Waals surface area contributed by atoms with E-state index >= 15 is 0 Å². The van der Waals surface area contributed by atoms with Crippen molar-refractivity contribution in [3.63, 3.8) is 0 Å². The molecule has 0 aromatic heterocycles. The van der Waals surface area contributed by atoms with Gasteiger partial charge in [-0.3, -0.25) is 9.69 Å². The Morgan fingerprint density at radius 1 is 1.50 bits per heavy atom. The minimum Gasteiger partial charge on any atom is -0.383 e. The number of carbonyl (C=O) groups excluding carboxylic acids is 1. The van der Waals surface area contributed by atoms with Crippen LogP contribution < -0.4 is 0 Å². The van der Waals surface area contributed by atoms with Crippen molar-refractivity contribution < 1.29 is 9.53 Å². The number of likely N-dealkylation sites (tertiary alicyclic amines) is 1. The summed E-state index contributed by atoms with van der Waals surface area (Å²) in [6, 6.07) is 0.827. The van der Waals surface area contributed by atoms with Crippen LogP contribution in [-0.2, 0) is 9.53 Å². The van der Waals surface area contributed by atoms with Gasteiger partial charge in [0.15, 0.2) is 0 Å². The molecule has 0 aliphatic carbocycles. The number of rotatable bonds is 5. The molecule has 0 aromatic rings. The normalized spacial score (nSPS) is 29.4. The Morgan fingerprint density at radius 3 is 2.75 bits per heavy atom. The van der Waals surface area contributed by atoms with Crippen molar-refractivity contribution in [3.05, 3.63) is 0 Å². The number of hydrogen-bond donors (Lipinski definition) is 0. The zero-order valence-electron chi connectivity index (χ0n) is 11.0. The summed E-state index contributed by atoms with van der Waals surface area (Å²) in [5, 5.41) is 0. The quantitative estimate of drug-likeness (QED) is 0.720. The van der Waals surface area contributed by atoms with Crippen molar-refractivity contribution >= 4 is 5.78 Å². The van der Waals surface area contributed by atoms with Crippen molar-refractivity contribution in [1.82, 2.24) is 4.90 Å². The van der Waals surface area contributed by atoms with Crippen LogP contribution >= 0.6 is 0 Å². The summed E-state index contributed by atoms with van der Waals surface area (Å²) in [6.45, 7) is 8.10. The molecule has 16 heavy (non-hydrogen) atoms. The lowest BCUT2D eigenvalue weighted by Gasteiger charge is -2.42. The van der Waals surface area contributed by atoms with E-state index in [1.807, 2.05) is 0 Å². The van der Waals surface area contributed by atoms with Gasteiger partial charge in [0, 0.05) is 38.1 Å². The topological polar surface area (TPSA) is 29.5 Å². The van der Waals surface area contributed by atoms with E-state index in [1.165, 1.54) is 6.42 Å². The maximum atomic E-state index is 11.6. The number of Topliss-reactive ketones (excluding diaryl/α,β-unsaturated/α-hetero) is 1. The molecule has 0 aromatic carbocycles. The van der Waals surface area contributed by atoms with Crippen LogP contribution in [0.25, 0.3) is 0 Å². The van der Waals surface area contributed by atoms with Gasteiger partial charge in [-0.25, -0.2) is 0 Å². The summed E-state index contributed by atoms with van der Waals surface area (Å²) >= 11 is 0. The van der Waals surface area contributed by atoms with Crippen LogP contribution in [0.5, 0.6) is 0 Å². The Hall–Kier alpha value is -0.410. The third-order valence-electron chi connectivity index (χ3n) is 3.82. The van der Waals surface area contributed by atoms with Crippen molar-refractivity contribution in [3.8, 4) is 0 Å². The number of methoxy groups -OCH3 is 1. The van der Waals surface area contributed by atoms with Crippen LogP contribution in [-0.4, -0.2) is 43.0 Å². The molecular formula is C13H25NO2. The van der Waals surface area contributed by atoms with Crippen LogP contribution in [0.3, 0.4) is 0 Å². The summed E-state index contributed by atoms with van der Waals surface area (Å²) < 4.78 is 5.29. The molecule has 0 radical (unpaired) electrons. The second kappa shape index (κ2) is 6.36. The number of carbonyl (C=O) groups is 1.